The first kappa shape index (κ1) is 12.7. The summed E-state index contributed by atoms with van der Waals surface area (Å²) < 4.78 is 17.1. The molecule has 2 aliphatic rings. The van der Waals surface area contributed by atoms with Crippen LogP contribution in [0.2, 0.25) is 0 Å². The van der Waals surface area contributed by atoms with Crippen molar-refractivity contribution in [2.45, 2.75) is 18.9 Å². The molecule has 3 rings (SSSR count). The lowest BCUT2D eigenvalue weighted by molar-refractivity contribution is -0.124. The zero-order valence-electron chi connectivity index (χ0n) is 10.3. The average molecular weight is 328 g/mol. The highest BCUT2D eigenvalue weighted by molar-refractivity contribution is 9.10. The van der Waals surface area contributed by atoms with E-state index in [4.69, 9.17) is 14.2 Å². The van der Waals surface area contributed by atoms with Gasteiger partial charge in [0.15, 0.2) is 11.5 Å². The SMILES string of the molecule is O=C(Nc1cc2c(cc1Br)OCCO2)[C@H]1CCCO1. The topological polar surface area (TPSA) is 56.8 Å². The van der Waals surface area contributed by atoms with Crippen LogP contribution in [0.3, 0.4) is 0 Å². The van der Waals surface area contributed by atoms with Gasteiger partial charge < -0.3 is 19.5 Å². The van der Waals surface area contributed by atoms with Gasteiger partial charge >= 0.3 is 0 Å². The summed E-state index contributed by atoms with van der Waals surface area (Å²) >= 11 is 3.42. The minimum Gasteiger partial charge on any atom is -0.486 e. The van der Waals surface area contributed by atoms with Gasteiger partial charge in [0, 0.05) is 23.2 Å². The fraction of sp³-hybridized carbons (Fsp3) is 0.462. The number of hydrogen-bond acceptors (Lipinski definition) is 4. The van der Waals surface area contributed by atoms with Gasteiger partial charge in [-0.15, -0.1) is 0 Å². The predicted molar refractivity (Wildman–Crippen MR) is 72.7 cm³/mol. The van der Waals surface area contributed by atoms with Gasteiger partial charge in [0.1, 0.15) is 19.3 Å². The summed E-state index contributed by atoms with van der Waals surface area (Å²) in [6.07, 6.45) is 1.36. The zero-order chi connectivity index (χ0) is 13.2. The maximum atomic E-state index is 12.0. The first-order valence-corrected chi connectivity index (χ1v) is 7.05. The zero-order valence-corrected chi connectivity index (χ0v) is 11.9. The van der Waals surface area contributed by atoms with Crippen molar-refractivity contribution in [3.63, 3.8) is 0 Å². The number of ether oxygens (including phenoxy) is 3. The predicted octanol–water partition coefficient (Wildman–Crippen LogP) is 2.34. The van der Waals surface area contributed by atoms with E-state index in [0.29, 0.717) is 37.0 Å². The molecule has 0 aliphatic carbocycles. The molecule has 2 aliphatic heterocycles. The van der Waals surface area contributed by atoms with Gasteiger partial charge in [-0.1, -0.05) is 0 Å². The number of nitrogens with one attached hydrogen (secondary N) is 1. The second kappa shape index (κ2) is 5.38. The summed E-state index contributed by atoms with van der Waals surface area (Å²) in [4.78, 5) is 12.0. The van der Waals surface area contributed by atoms with E-state index in [9.17, 15) is 4.79 Å². The van der Waals surface area contributed by atoms with Crippen LogP contribution in [0.5, 0.6) is 11.5 Å². The summed E-state index contributed by atoms with van der Waals surface area (Å²) in [6.45, 7) is 1.72. The minimum absolute atomic E-state index is 0.116. The highest BCUT2D eigenvalue weighted by Gasteiger charge is 2.25. The van der Waals surface area contributed by atoms with E-state index in [2.05, 4.69) is 21.2 Å². The molecule has 1 fully saturated rings. The van der Waals surface area contributed by atoms with Crippen LogP contribution in [0.4, 0.5) is 5.69 Å². The third-order valence-electron chi connectivity index (χ3n) is 3.11. The highest BCUT2D eigenvalue weighted by Crippen LogP contribution is 2.38. The molecule has 1 amide bonds. The van der Waals surface area contributed by atoms with E-state index in [1.807, 2.05) is 0 Å². The number of carbonyl (C=O) groups is 1. The van der Waals surface area contributed by atoms with E-state index in [0.717, 1.165) is 17.3 Å². The fourth-order valence-corrected chi connectivity index (χ4v) is 2.58. The van der Waals surface area contributed by atoms with Crippen LogP contribution in [0.25, 0.3) is 0 Å². The largest absolute Gasteiger partial charge is 0.486 e. The van der Waals surface area contributed by atoms with Crippen molar-refractivity contribution in [3.8, 4) is 11.5 Å². The number of hydrogen-bond donors (Lipinski definition) is 1. The molecule has 0 radical (unpaired) electrons. The van der Waals surface area contributed by atoms with Gasteiger partial charge in [0.05, 0.1) is 5.69 Å². The minimum atomic E-state index is -0.347. The summed E-state index contributed by atoms with van der Waals surface area (Å²) in [7, 11) is 0. The van der Waals surface area contributed by atoms with Crippen molar-refractivity contribution >= 4 is 27.5 Å². The van der Waals surface area contributed by atoms with Gasteiger partial charge in [-0.25, -0.2) is 0 Å². The van der Waals surface area contributed by atoms with Crippen LogP contribution in [0.15, 0.2) is 16.6 Å². The monoisotopic (exact) mass is 327 g/mol. The standard InChI is InChI=1S/C13H14BrNO4/c14-8-6-11-12(19-5-4-18-11)7-9(8)15-13(16)10-2-1-3-17-10/h6-7,10H,1-5H2,(H,15,16)/t10-/m1/s1. The van der Waals surface area contributed by atoms with Crippen molar-refractivity contribution in [2.75, 3.05) is 25.1 Å². The molecule has 0 bridgehead atoms. The van der Waals surface area contributed by atoms with Gasteiger partial charge in [0.2, 0.25) is 0 Å². The Morgan fingerprint density at radius 1 is 1.21 bits per heavy atom. The Morgan fingerprint density at radius 2 is 1.95 bits per heavy atom. The van der Waals surface area contributed by atoms with Crippen LogP contribution >= 0.6 is 15.9 Å². The summed E-state index contributed by atoms with van der Waals surface area (Å²) in [6, 6.07) is 3.57. The lowest BCUT2D eigenvalue weighted by Gasteiger charge is -2.20. The molecule has 1 saturated heterocycles. The smallest absolute Gasteiger partial charge is 0.253 e. The van der Waals surface area contributed by atoms with E-state index in [1.165, 1.54) is 0 Å². The van der Waals surface area contributed by atoms with Gasteiger partial charge in [-0.2, -0.15) is 0 Å². The number of rotatable bonds is 2. The second-order valence-corrected chi connectivity index (χ2v) is 5.32. The lowest BCUT2D eigenvalue weighted by atomic mass is 10.2. The van der Waals surface area contributed by atoms with Crippen LogP contribution in [0, 0.1) is 0 Å². The fourth-order valence-electron chi connectivity index (χ4n) is 2.16. The maximum Gasteiger partial charge on any atom is 0.253 e. The Morgan fingerprint density at radius 3 is 2.63 bits per heavy atom. The van der Waals surface area contributed by atoms with Crippen molar-refractivity contribution in [2.24, 2.45) is 0 Å². The molecule has 1 N–H and O–H groups in total. The molecule has 102 valence electrons. The molecule has 2 heterocycles. The molecular weight excluding hydrogens is 314 g/mol. The number of amides is 1. The first-order chi connectivity index (χ1) is 9.24. The Kier molecular flexibility index (Phi) is 3.61. The van der Waals surface area contributed by atoms with E-state index < -0.39 is 0 Å². The Labute approximate surface area is 119 Å². The molecule has 0 spiro atoms. The van der Waals surface area contributed by atoms with Crippen LogP contribution in [0.1, 0.15) is 12.8 Å². The third kappa shape index (κ3) is 2.69. The second-order valence-electron chi connectivity index (χ2n) is 4.47. The molecule has 5 nitrogen and oxygen atoms in total. The summed E-state index contributed by atoms with van der Waals surface area (Å²) in [5.41, 5.74) is 0.671. The molecule has 1 aromatic carbocycles. The summed E-state index contributed by atoms with van der Waals surface area (Å²) in [5.74, 6) is 1.22. The van der Waals surface area contributed by atoms with Crippen molar-refractivity contribution < 1.29 is 19.0 Å². The molecule has 0 saturated carbocycles. The number of benzene rings is 1. The van der Waals surface area contributed by atoms with Gasteiger partial charge in [0.25, 0.3) is 5.91 Å². The molecule has 0 aromatic heterocycles. The number of halogens is 1. The molecule has 0 unspecified atom stereocenters. The quantitative estimate of drug-likeness (QED) is 0.905. The molecule has 19 heavy (non-hydrogen) atoms. The van der Waals surface area contributed by atoms with Crippen molar-refractivity contribution in [1.82, 2.24) is 0 Å². The lowest BCUT2D eigenvalue weighted by Crippen LogP contribution is -2.27. The highest BCUT2D eigenvalue weighted by atomic mass is 79.9. The molecular formula is C13H14BrNO4. The van der Waals surface area contributed by atoms with Crippen LogP contribution < -0.4 is 14.8 Å². The Hall–Kier alpha value is -1.27. The summed E-state index contributed by atoms with van der Waals surface area (Å²) in [5, 5.41) is 2.86. The van der Waals surface area contributed by atoms with E-state index >= 15 is 0 Å². The first-order valence-electron chi connectivity index (χ1n) is 6.25. The third-order valence-corrected chi connectivity index (χ3v) is 3.77. The van der Waals surface area contributed by atoms with Crippen LogP contribution in [-0.2, 0) is 9.53 Å². The van der Waals surface area contributed by atoms with E-state index in [-0.39, 0.29) is 12.0 Å². The van der Waals surface area contributed by atoms with Crippen LogP contribution in [-0.4, -0.2) is 31.8 Å². The number of carbonyl (C=O) groups excluding carboxylic acids is 1. The Balaban J connectivity index is 1.78. The van der Waals surface area contributed by atoms with Gasteiger partial charge in [-0.3, -0.25) is 4.79 Å². The number of anilines is 1. The van der Waals surface area contributed by atoms with Crippen molar-refractivity contribution in [3.05, 3.63) is 16.6 Å². The van der Waals surface area contributed by atoms with Gasteiger partial charge in [-0.05, 0) is 28.8 Å². The normalized spacial score (nSPS) is 21.2. The maximum absolute atomic E-state index is 12.0. The Bertz CT molecular complexity index is 500. The molecule has 1 aromatic rings. The molecule has 1 atom stereocenters. The van der Waals surface area contributed by atoms with E-state index in [1.54, 1.807) is 12.1 Å². The van der Waals surface area contributed by atoms with Crippen molar-refractivity contribution in [1.29, 1.82) is 0 Å². The molecule has 6 heteroatoms. The number of fused-ring (bicyclic) bond motifs is 1. The average Bonchev–Trinajstić information content (AvgIpc) is 2.93.